The number of nitrogens with one attached hydrogen (secondary N) is 2. The number of urea groups is 1. The number of nitriles is 1. The first kappa shape index (κ1) is 20.4. The van der Waals surface area contributed by atoms with Gasteiger partial charge in [0.1, 0.15) is 11.6 Å². The van der Waals surface area contributed by atoms with E-state index >= 15 is 0 Å². The molecule has 0 aliphatic carbocycles. The molecule has 0 fully saturated rings. The molecule has 2 aromatic carbocycles. The Morgan fingerprint density at radius 1 is 1.14 bits per heavy atom. The lowest BCUT2D eigenvalue weighted by Crippen LogP contribution is -2.38. The van der Waals surface area contributed by atoms with Crippen molar-refractivity contribution >= 4 is 23.6 Å². The molecule has 0 radical (unpaired) electrons. The molecule has 2 aromatic rings. The number of halogens is 1. The lowest BCUT2D eigenvalue weighted by molar-refractivity contribution is -0.154. The summed E-state index contributed by atoms with van der Waals surface area (Å²) < 4.78 is 23.5. The first-order valence-electron chi connectivity index (χ1n) is 8.08. The summed E-state index contributed by atoms with van der Waals surface area (Å²) >= 11 is 0. The Morgan fingerprint density at radius 3 is 2.46 bits per heavy atom. The van der Waals surface area contributed by atoms with Gasteiger partial charge in [-0.1, -0.05) is 12.1 Å². The minimum absolute atomic E-state index is 0.103. The second-order valence-corrected chi connectivity index (χ2v) is 5.49. The number of amides is 3. The maximum absolute atomic E-state index is 13.4. The summed E-state index contributed by atoms with van der Waals surface area (Å²) in [4.78, 5) is 35.2. The van der Waals surface area contributed by atoms with Crippen molar-refractivity contribution in [2.75, 3.05) is 11.9 Å². The zero-order chi connectivity index (χ0) is 20.5. The Hall–Kier alpha value is -3.93. The average Bonchev–Trinajstić information content (AvgIpc) is 2.68. The maximum atomic E-state index is 13.4. The van der Waals surface area contributed by atoms with Crippen LogP contribution in [-0.4, -0.2) is 30.6 Å². The molecule has 3 amide bonds. The van der Waals surface area contributed by atoms with Gasteiger partial charge in [0, 0.05) is 0 Å². The number of imide groups is 1. The number of rotatable bonds is 6. The van der Waals surface area contributed by atoms with Gasteiger partial charge in [-0.25, -0.2) is 14.0 Å². The van der Waals surface area contributed by atoms with Gasteiger partial charge in [-0.2, -0.15) is 5.26 Å². The Bertz CT molecular complexity index is 909. The number of carbonyl (C=O) groups is 3. The summed E-state index contributed by atoms with van der Waals surface area (Å²) in [5, 5.41) is 12.8. The molecule has 1 atom stereocenters. The second kappa shape index (κ2) is 9.68. The van der Waals surface area contributed by atoms with Gasteiger partial charge in [-0.05, 0) is 43.3 Å². The Balaban J connectivity index is 1.76. The van der Waals surface area contributed by atoms with Gasteiger partial charge in [0.05, 0.1) is 17.3 Å². The fraction of sp³-hybridized carbons (Fsp3) is 0.158. The number of para-hydroxylation sites is 1. The fourth-order valence-corrected chi connectivity index (χ4v) is 1.99. The summed E-state index contributed by atoms with van der Waals surface area (Å²) in [5.41, 5.74) is 0.335. The van der Waals surface area contributed by atoms with Crippen LogP contribution in [0.25, 0.3) is 0 Å². The van der Waals surface area contributed by atoms with E-state index in [0.29, 0.717) is 11.3 Å². The molecule has 0 bridgehead atoms. The molecule has 0 unspecified atom stereocenters. The van der Waals surface area contributed by atoms with E-state index in [9.17, 15) is 18.8 Å². The number of hydrogen-bond acceptors (Lipinski definition) is 6. The number of ether oxygens (including phenoxy) is 2. The molecule has 0 saturated heterocycles. The van der Waals surface area contributed by atoms with Crippen LogP contribution in [0.2, 0.25) is 0 Å². The number of benzene rings is 2. The zero-order valence-corrected chi connectivity index (χ0v) is 14.8. The van der Waals surface area contributed by atoms with Gasteiger partial charge >= 0.3 is 12.0 Å². The van der Waals surface area contributed by atoms with Crippen LogP contribution in [0, 0.1) is 17.1 Å². The van der Waals surface area contributed by atoms with Crippen molar-refractivity contribution in [2.45, 2.75) is 13.0 Å². The highest BCUT2D eigenvalue weighted by molar-refractivity contribution is 6.01. The number of hydrogen-bond donors (Lipinski definition) is 2. The van der Waals surface area contributed by atoms with Crippen LogP contribution in [0.5, 0.6) is 5.75 Å². The Kier molecular flexibility index (Phi) is 7.05. The third-order valence-electron chi connectivity index (χ3n) is 3.35. The van der Waals surface area contributed by atoms with E-state index in [1.54, 1.807) is 0 Å². The van der Waals surface area contributed by atoms with Gasteiger partial charge in [0.25, 0.3) is 5.91 Å². The highest BCUT2D eigenvalue weighted by Crippen LogP contribution is 2.14. The standard InChI is InChI=1S/C19H16FN3O5/c1-12(28-14-8-6-13(10-21)7-9-14)18(25)27-11-17(24)23-19(26)22-16-5-3-2-4-15(16)20/h2-9,12H,11H2,1H3,(H2,22,23,24,26)/t12-/m0/s1. The first-order chi connectivity index (χ1) is 13.4. The van der Waals surface area contributed by atoms with E-state index in [1.165, 1.54) is 49.4 Å². The highest BCUT2D eigenvalue weighted by Gasteiger charge is 2.19. The van der Waals surface area contributed by atoms with Crippen LogP contribution in [0.3, 0.4) is 0 Å². The molecule has 28 heavy (non-hydrogen) atoms. The molecular formula is C19H16FN3O5. The minimum atomic E-state index is -1.02. The third kappa shape index (κ3) is 6.10. The summed E-state index contributed by atoms with van der Waals surface area (Å²) in [6.45, 7) is 0.702. The van der Waals surface area contributed by atoms with Crippen molar-refractivity contribution in [3.8, 4) is 11.8 Å². The number of esters is 1. The van der Waals surface area contributed by atoms with Crippen molar-refractivity contribution in [1.82, 2.24) is 5.32 Å². The number of carbonyl (C=O) groups excluding carboxylic acids is 3. The second-order valence-electron chi connectivity index (χ2n) is 5.49. The largest absolute Gasteiger partial charge is 0.479 e. The van der Waals surface area contributed by atoms with Crippen LogP contribution in [0.1, 0.15) is 12.5 Å². The van der Waals surface area contributed by atoms with Gasteiger partial charge in [-0.15, -0.1) is 0 Å². The van der Waals surface area contributed by atoms with Gasteiger partial charge in [-0.3, -0.25) is 10.1 Å². The van der Waals surface area contributed by atoms with Crippen LogP contribution in [0.4, 0.5) is 14.9 Å². The van der Waals surface area contributed by atoms with Gasteiger partial charge < -0.3 is 14.8 Å². The molecular weight excluding hydrogens is 369 g/mol. The Labute approximate surface area is 159 Å². The van der Waals surface area contributed by atoms with Gasteiger partial charge in [0.2, 0.25) is 0 Å². The van der Waals surface area contributed by atoms with E-state index in [4.69, 9.17) is 14.7 Å². The highest BCUT2D eigenvalue weighted by atomic mass is 19.1. The molecule has 2 N–H and O–H groups in total. The quantitative estimate of drug-likeness (QED) is 0.737. The normalized spacial score (nSPS) is 10.9. The Morgan fingerprint density at radius 2 is 1.82 bits per heavy atom. The molecule has 0 heterocycles. The average molecular weight is 385 g/mol. The first-order valence-corrected chi connectivity index (χ1v) is 8.08. The smallest absolute Gasteiger partial charge is 0.347 e. The monoisotopic (exact) mass is 385 g/mol. The lowest BCUT2D eigenvalue weighted by atomic mass is 10.2. The third-order valence-corrected chi connectivity index (χ3v) is 3.35. The molecule has 0 aromatic heterocycles. The van der Waals surface area contributed by atoms with Crippen molar-refractivity contribution < 1.29 is 28.2 Å². The summed E-state index contributed by atoms with van der Waals surface area (Å²) in [5.74, 6) is -2.04. The molecule has 0 spiro atoms. The maximum Gasteiger partial charge on any atom is 0.347 e. The van der Waals surface area contributed by atoms with Crippen LogP contribution in [0.15, 0.2) is 48.5 Å². The van der Waals surface area contributed by atoms with Gasteiger partial charge in [0.15, 0.2) is 12.7 Å². The van der Waals surface area contributed by atoms with Crippen LogP contribution in [-0.2, 0) is 14.3 Å². The SMILES string of the molecule is C[C@H](Oc1ccc(C#N)cc1)C(=O)OCC(=O)NC(=O)Nc1ccccc1F. The number of anilines is 1. The van der Waals surface area contributed by atoms with Crippen LogP contribution >= 0.6 is 0 Å². The van der Waals surface area contributed by atoms with E-state index in [2.05, 4.69) is 5.32 Å². The van der Waals surface area contributed by atoms with E-state index < -0.39 is 36.4 Å². The van der Waals surface area contributed by atoms with E-state index in [-0.39, 0.29) is 5.69 Å². The zero-order valence-electron chi connectivity index (χ0n) is 14.8. The molecule has 0 aliphatic heterocycles. The summed E-state index contributed by atoms with van der Waals surface area (Å²) in [6, 6.07) is 12.5. The topological polar surface area (TPSA) is 118 Å². The summed E-state index contributed by atoms with van der Waals surface area (Å²) in [6.07, 6.45) is -1.02. The molecule has 0 saturated carbocycles. The van der Waals surface area contributed by atoms with Crippen molar-refractivity contribution in [2.24, 2.45) is 0 Å². The molecule has 144 valence electrons. The molecule has 8 nitrogen and oxygen atoms in total. The fourth-order valence-electron chi connectivity index (χ4n) is 1.99. The van der Waals surface area contributed by atoms with E-state index in [1.807, 2.05) is 11.4 Å². The predicted molar refractivity (Wildman–Crippen MR) is 95.8 cm³/mol. The number of nitrogens with zero attached hydrogens (tertiary/aromatic N) is 1. The minimum Gasteiger partial charge on any atom is -0.479 e. The van der Waals surface area contributed by atoms with Crippen molar-refractivity contribution in [3.63, 3.8) is 0 Å². The van der Waals surface area contributed by atoms with Crippen molar-refractivity contribution in [1.29, 1.82) is 5.26 Å². The lowest BCUT2D eigenvalue weighted by Gasteiger charge is -2.14. The van der Waals surface area contributed by atoms with E-state index in [0.717, 1.165) is 6.07 Å². The molecule has 9 heteroatoms. The van der Waals surface area contributed by atoms with Crippen LogP contribution < -0.4 is 15.4 Å². The molecule has 2 rings (SSSR count). The summed E-state index contributed by atoms with van der Waals surface area (Å²) in [7, 11) is 0. The van der Waals surface area contributed by atoms with Crippen molar-refractivity contribution in [3.05, 3.63) is 59.9 Å². The molecule has 0 aliphatic rings. The predicted octanol–water partition coefficient (Wildman–Crippen LogP) is 2.36.